The zero-order valence-electron chi connectivity index (χ0n) is 14.5. The summed E-state index contributed by atoms with van der Waals surface area (Å²) in [6.07, 6.45) is 1.61. The summed E-state index contributed by atoms with van der Waals surface area (Å²) in [6.45, 7) is 7.49. The SMILES string of the molecule is C[C@@H](c1ccc([C@@H](O)c2ccncc2)cc1)N(C(=O)O)C(C)(C)C. The number of aromatic nitrogens is 1. The minimum Gasteiger partial charge on any atom is -0.465 e. The molecule has 24 heavy (non-hydrogen) atoms. The lowest BCUT2D eigenvalue weighted by atomic mass is 9.96. The summed E-state index contributed by atoms with van der Waals surface area (Å²) >= 11 is 0. The molecule has 0 saturated carbocycles. The van der Waals surface area contributed by atoms with E-state index >= 15 is 0 Å². The van der Waals surface area contributed by atoms with E-state index in [4.69, 9.17) is 0 Å². The number of hydrogen-bond donors (Lipinski definition) is 2. The molecule has 0 saturated heterocycles. The van der Waals surface area contributed by atoms with Gasteiger partial charge in [-0.25, -0.2) is 4.79 Å². The van der Waals surface area contributed by atoms with Gasteiger partial charge in [0.25, 0.3) is 0 Å². The van der Waals surface area contributed by atoms with Gasteiger partial charge in [0.05, 0.1) is 6.04 Å². The van der Waals surface area contributed by atoms with Gasteiger partial charge in [-0.1, -0.05) is 24.3 Å². The highest BCUT2D eigenvalue weighted by Gasteiger charge is 2.31. The van der Waals surface area contributed by atoms with Crippen molar-refractivity contribution >= 4 is 6.09 Å². The van der Waals surface area contributed by atoms with E-state index in [0.717, 1.165) is 16.7 Å². The molecule has 1 amide bonds. The zero-order valence-corrected chi connectivity index (χ0v) is 14.5. The first-order chi connectivity index (χ1) is 11.2. The maximum atomic E-state index is 11.6. The number of rotatable bonds is 4. The van der Waals surface area contributed by atoms with Crippen molar-refractivity contribution in [3.8, 4) is 0 Å². The average Bonchev–Trinajstić information content (AvgIpc) is 2.53. The number of aliphatic hydroxyl groups is 1. The maximum Gasteiger partial charge on any atom is 0.408 e. The van der Waals surface area contributed by atoms with Crippen molar-refractivity contribution in [3.05, 3.63) is 65.5 Å². The molecule has 5 nitrogen and oxygen atoms in total. The highest BCUT2D eigenvalue weighted by atomic mass is 16.4. The number of pyridine rings is 1. The Labute approximate surface area is 142 Å². The van der Waals surface area contributed by atoms with Crippen LogP contribution < -0.4 is 0 Å². The van der Waals surface area contributed by atoms with Gasteiger partial charge in [-0.15, -0.1) is 0 Å². The molecule has 128 valence electrons. The molecule has 2 atom stereocenters. The van der Waals surface area contributed by atoms with Crippen molar-refractivity contribution in [2.45, 2.75) is 45.4 Å². The molecule has 0 spiro atoms. The largest absolute Gasteiger partial charge is 0.465 e. The molecular weight excluding hydrogens is 304 g/mol. The topological polar surface area (TPSA) is 73.7 Å². The molecule has 2 rings (SSSR count). The Morgan fingerprint density at radius 1 is 1.00 bits per heavy atom. The maximum absolute atomic E-state index is 11.6. The van der Waals surface area contributed by atoms with Gasteiger partial charge in [-0.2, -0.15) is 0 Å². The van der Waals surface area contributed by atoms with Crippen LogP contribution in [-0.4, -0.2) is 31.7 Å². The van der Waals surface area contributed by atoms with Gasteiger partial charge >= 0.3 is 6.09 Å². The van der Waals surface area contributed by atoms with Crippen LogP contribution in [0.4, 0.5) is 4.79 Å². The molecule has 0 aliphatic carbocycles. The van der Waals surface area contributed by atoms with Crippen molar-refractivity contribution in [1.29, 1.82) is 0 Å². The Bertz CT molecular complexity index is 678. The van der Waals surface area contributed by atoms with Crippen molar-refractivity contribution < 1.29 is 15.0 Å². The highest BCUT2D eigenvalue weighted by molar-refractivity contribution is 5.66. The van der Waals surface area contributed by atoms with Gasteiger partial charge in [0, 0.05) is 17.9 Å². The molecule has 0 unspecified atom stereocenters. The minimum absolute atomic E-state index is 0.283. The molecule has 2 aromatic rings. The summed E-state index contributed by atoms with van der Waals surface area (Å²) in [4.78, 5) is 17.0. The summed E-state index contributed by atoms with van der Waals surface area (Å²) in [7, 11) is 0. The standard InChI is InChI=1S/C19H24N2O3/c1-13(21(18(23)24)19(2,3)4)14-5-7-15(8-6-14)17(22)16-9-11-20-12-10-16/h5-13,17,22H,1-4H3,(H,23,24)/t13-,17+/m0/s1. The number of amides is 1. The fourth-order valence-electron chi connectivity index (χ4n) is 2.88. The van der Waals surface area contributed by atoms with Crippen LogP contribution in [0.1, 0.15) is 56.5 Å². The van der Waals surface area contributed by atoms with Crippen LogP contribution in [-0.2, 0) is 0 Å². The van der Waals surface area contributed by atoms with Crippen molar-refractivity contribution in [2.24, 2.45) is 0 Å². The van der Waals surface area contributed by atoms with E-state index in [-0.39, 0.29) is 6.04 Å². The first-order valence-corrected chi connectivity index (χ1v) is 7.92. The second-order valence-electron chi connectivity index (χ2n) is 6.85. The molecule has 0 fully saturated rings. The Hall–Kier alpha value is -2.40. The summed E-state index contributed by atoms with van der Waals surface area (Å²) in [6, 6.07) is 10.7. The highest BCUT2D eigenvalue weighted by Crippen LogP contribution is 2.29. The Morgan fingerprint density at radius 3 is 1.92 bits per heavy atom. The Balaban J connectivity index is 2.24. The molecule has 5 heteroatoms. The molecule has 2 N–H and O–H groups in total. The van der Waals surface area contributed by atoms with Gasteiger partial charge in [0.1, 0.15) is 6.10 Å². The van der Waals surface area contributed by atoms with Gasteiger partial charge in [-0.3, -0.25) is 9.88 Å². The number of carbonyl (C=O) groups is 1. The van der Waals surface area contributed by atoms with E-state index in [1.54, 1.807) is 24.5 Å². The van der Waals surface area contributed by atoms with Crippen LogP contribution in [0.25, 0.3) is 0 Å². The average molecular weight is 328 g/mol. The van der Waals surface area contributed by atoms with Crippen molar-refractivity contribution in [1.82, 2.24) is 9.88 Å². The van der Waals surface area contributed by atoms with E-state index in [9.17, 15) is 15.0 Å². The molecule has 1 heterocycles. The normalized spacial score (nSPS) is 14.0. The van der Waals surface area contributed by atoms with E-state index in [1.165, 1.54) is 4.90 Å². The summed E-state index contributed by atoms with van der Waals surface area (Å²) in [5.74, 6) is 0. The van der Waals surface area contributed by atoms with Gasteiger partial charge < -0.3 is 10.2 Å². The van der Waals surface area contributed by atoms with Crippen molar-refractivity contribution in [3.63, 3.8) is 0 Å². The van der Waals surface area contributed by atoms with E-state index in [2.05, 4.69) is 4.98 Å². The number of nitrogens with zero attached hydrogens (tertiary/aromatic N) is 2. The molecule has 0 aliphatic rings. The Morgan fingerprint density at radius 2 is 1.46 bits per heavy atom. The van der Waals surface area contributed by atoms with Crippen LogP contribution in [0, 0.1) is 0 Å². The molecule has 1 aromatic heterocycles. The zero-order chi connectivity index (χ0) is 17.9. The second kappa shape index (κ2) is 7.01. The third-order valence-corrected chi connectivity index (χ3v) is 4.07. The summed E-state index contributed by atoms with van der Waals surface area (Å²) < 4.78 is 0. The molecule has 1 aromatic carbocycles. The number of hydrogen-bond acceptors (Lipinski definition) is 3. The van der Waals surface area contributed by atoms with Crippen LogP contribution in [0.2, 0.25) is 0 Å². The lowest BCUT2D eigenvalue weighted by Gasteiger charge is -2.38. The predicted octanol–water partition coefficient (Wildman–Crippen LogP) is 4.00. The Kier molecular flexibility index (Phi) is 5.24. The fraction of sp³-hybridized carbons (Fsp3) is 0.368. The van der Waals surface area contributed by atoms with Gasteiger partial charge in [0.15, 0.2) is 0 Å². The first-order valence-electron chi connectivity index (χ1n) is 7.92. The third kappa shape index (κ3) is 3.92. The lowest BCUT2D eigenvalue weighted by molar-refractivity contribution is 0.0752. The summed E-state index contributed by atoms with van der Waals surface area (Å²) in [5.41, 5.74) is 1.92. The molecular formula is C19H24N2O3. The van der Waals surface area contributed by atoms with Crippen LogP contribution in [0.3, 0.4) is 0 Å². The van der Waals surface area contributed by atoms with Crippen LogP contribution >= 0.6 is 0 Å². The smallest absolute Gasteiger partial charge is 0.408 e. The van der Waals surface area contributed by atoms with E-state index in [0.29, 0.717) is 0 Å². The van der Waals surface area contributed by atoms with E-state index in [1.807, 2.05) is 52.0 Å². The monoisotopic (exact) mass is 328 g/mol. The van der Waals surface area contributed by atoms with E-state index < -0.39 is 17.7 Å². The fourth-order valence-corrected chi connectivity index (χ4v) is 2.88. The van der Waals surface area contributed by atoms with Gasteiger partial charge in [-0.05, 0) is 56.5 Å². The van der Waals surface area contributed by atoms with Crippen LogP contribution in [0.5, 0.6) is 0 Å². The van der Waals surface area contributed by atoms with Crippen LogP contribution in [0.15, 0.2) is 48.8 Å². The number of benzene rings is 1. The molecule has 0 bridgehead atoms. The number of carboxylic acid groups (broad SMARTS) is 1. The predicted molar refractivity (Wildman–Crippen MR) is 92.8 cm³/mol. The molecule has 0 radical (unpaired) electrons. The van der Waals surface area contributed by atoms with Crippen molar-refractivity contribution in [2.75, 3.05) is 0 Å². The van der Waals surface area contributed by atoms with Gasteiger partial charge in [0.2, 0.25) is 0 Å². The molecule has 0 aliphatic heterocycles. The minimum atomic E-state index is -0.948. The lowest BCUT2D eigenvalue weighted by Crippen LogP contribution is -2.46. The quantitative estimate of drug-likeness (QED) is 0.889. The number of aliphatic hydroxyl groups excluding tert-OH is 1. The first kappa shape index (κ1) is 17.9. The summed E-state index contributed by atoms with van der Waals surface area (Å²) in [5, 5.41) is 19.9. The third-order valence-electron chi connectivity index (χ3n) is 4.07. The second-order valence-corrected chi connectivity index (χ2v) is 6.85.